The molecule has 22 heteroatoms. The number of carbonyl (C=O) groups excluding carboxylic acids is 3. The fourth-order valence-electron chi connectivity index (χ4n) is 12.1. The molecule has 3 aliphatic heterocycles. The van der Waals surface area contributed by atoms with E-state index in [1.54, 1.807) is 0 Å². The molecule has 22 nitrogen and oxygen atoms in total. The number of nitrogens with one attached hydrogen (secondary N) is 2. The SMILES string of the molecule is CCCCCCCCCCCCCCCCCCCCCC(=O)N[C@@H](CO[C@@H]1O[C@H](CO)[C@@H](O[C@@H]2O[C@H](CO)[C@H](O)[C@H](O[C@]3(C(C)=O)C[C@H](O)[C@@H](NC(C)=O)[C@H]([C@H](O)[C@H](O)CO)O3)[C@H]2O)[C@H](O)[C@H]1O)[C@H](O)CCCCCCCCCCCCCCC. The van der Waals surface area contributed by atoms with E-state index in [9.17, 15) is 70.6 Å². The fraction of sp³-hybridized carbons (Fsp3) is 0.953. The topological polar surface area (TPSA) is 353 Å². The monoisotopic (exact) mass is 1240 g/mol. The van der Waals surface area contributed by atoms with E-state index in [2.05, 4.69) is 24.5 Å². The van der Waals surface area contributed by atoms with Gasteiger partial charge in [-0.2, -0.15) is 0 Å². The highest BCUT2D eigenvalue weighted by Crippen LogP contribution is 2.39. The van der Waals surface area contributed by atoms with Crippen LogP contribution in [0.15, 0.2) is 0 Å². The second-order valence-electron chi connectivity index (χ2n) is 24.9. The summed E-state index contributed by atoms with van der Waals surface area (Å²) in [5.41, 5.74) is 0. The summed E-state index contributed by atoms with van der Waals surface area (Å²) in [5.74, 6) is -4.57. The Bertz CT molecular complexity index is 1760. The Morgan fingerprint density at radius 2 is 1.00 bits per heavy atom. The first-order chi connectivity index (χ1) is 41.4. The molecule has 3 rings (SSSR count). The lowest BCUT2D eigenvalue weighted by atomic mass is 9.87. The summed E-state index contributed by atoms with van der Waals surface area (Å²) in [7, 11) is 0. The molecular weight excluding hydrogens is 1120 g/mol. The van der Waals surface area contributed by atoms with Gasteiger partial charge in [0.25, 0.3) is 0 Å². The molecule has 0 aromatic heterocycles. The maximum Gasteiger partial charge on any atom is 0.232 e. The molecule has 506 valence electrons. The van der Waals surface area contributed by atoms with E-state index in [-0.39, 0.29) is 18.9 Å². The number of unbranched alkanes of at least 4 members (excludes halogenated alkanes) is 30. The molecule has 86 heavy (non-hydrogen) atoms. The minimum atomic E-state index is -2.63. The predicted molar refractivity (Wildman–Crippen MR) is 323 cm³/mol. The van der Waals surface area contributed by atoms with Crippen molar-refractivity contribution in [2.75, 3.05) is 26.4 Å². The minimum Gasteiger partial charge on any atom is -0.394 e. The van der Waals surface area contributed by atoms with Crippen LogP contribution in [0.4, 0.5) is 0 Å². The van der Waals surface area contributed by atoms with Gasteiger partial charge < -0.3 is 95.2 Å². The van der Waals surface area contributed by atoms with Crippen molar-refractivity contribution in [3.05, 3.63) is 0 Å². The van der Waals surface area contributed by atoms with E-state index in [0.29, 0.717) is 19.3 Å². The molecule has 0 aromatic carbocycles. The van der Waals surface area contributed by atoms with Gasteiger partial charge >= 0.3 is 0 Å². The molecule has 3 saturated heterocycles. The van der Waals surface area contributed by atoms with Crippen LogP contribution in [0.3, 0.4) is 0 Å². The van der Waals surface area contributed by atoms with Crippen LogP contribution >= 0.6 is 0 Å². The number of aliphatic hydroxyl groups is 11. The Morgan fingerprint density at radius 3 is 1.44 bits per heavy atom. The maximum absolute atomic E-state index is 13.4. The molecule has 3 aliphatic rings. The van der Waals surface area contributed by atoms with Gasteiger partial charge in [-0.25, -0.2) is 0 Å². The van der Waals surface area contributed by atoms with Gasteiger partial charge in [0, 0.05) is 26.7 Å². The van der Waals surface area contributed by atoms with Crippen LogP contribution in [0, 0.1) is 0 Å². The van der Waals surface area contributed by atoms with Crippen LogP contribution in [0.25, 0.3) is 0 Å². The molecule has 0 saturated carbocycles. The van der Waals surface area contributed by atoms with Crippen LogP contribution in [-0.4, -0.2) is 210 Å². The number of rotatable bonds is 50. The number of carbonyl (C=O) groups is 3. The first-order valence-electron chi connectivity index (χ1n) is 33.7. The zero-order valence-electron chi connectivity index (χ0n) is 53.0. The number of aliphatic hydroxyl groups excluding tert-OH is 11. The standard InChI is InChI=1S/C64H120N2O20/c1-5-7-9-11-13-15-17-19-20-21-22-23-24-26-28-30-32-34-36-38-52(75)66-46(47(72)37-35-33-31-29-27-25-18-16-14-12-10-8-6-2)43-81-62-57(79)56(78)59(51(42-69)83-62)84-63-58(80)61(55(77)50(41-68)82-63)86-64(44(3)70)39-48(73)53(65-45(4)71)60(85-64)54(76)49(74)40-67/h46-51,53-63,67-69,72-74,76-80H,5-43H2,1-4H3,(H,65,71)(H,66,75)/t46-,47+,48-,49+,50+,51+,53+,54+,55-,56+,57+,58+,59+,60+,61-,62+,63-,64-/m0/s1. The third-order valence-electron chi connectivity index (χ3n) is 17.5. The number of Topliss-reactive ketones (excluding diaryl/α,β-unsaturated/α-hetero) is 1. The molecule has 0 radical (unpaired) electrons. The highest BCUT2D eigenvalue weighted by molar-refractivity contribution is 5.84. The molecule has 0 spiro atoms. The molecule has 13 N–H and O–H groups in total. The number of amides is 2. The molecule has 3 fully saturated rings. The Hall–Kier alpha value is -2.07. The van der Waals surface area contributed by atoms with Crippen LogP contribution in [0.1, 0.15) is 252 Å². The summed E-state index contributed by atoms with van der Waals surface area (Å²) in [5, 5.41) is 126. The highest BCUT2D eigenvalue weighted by atomic mass is 16.8. The molecule has 0 aromatic rings. The van der Waals surface area contributed by atoms with E-state index in [4.69, 9.17) is 28.4 Å². The third kappa shape index (κ3) is 28.2. The first-order valence-corrected chi connectivity index (χ1v) is 33.7. The Kier molecular flexibility index (Phi) is 41.1. The lowest BCUT2D eigenvalue weighted by Crippen LogP contribution is -2.70. The van der Waals surface area contributed by atoms with Crippen molar-refractivity contribution in [3.63, 3.8) is 0 Å². The van der Waals surface area contributed by atoms with Crippen LogP contribution in [-0.2, 0) is 42.8 Å². The van der Waals surface area contributed by atoms with Crippen molar-refractivity contribution >= 4 is 17.6 Å². The van der Waals surface area contributed by atoms with Gasteiger partial charge in [0.2, 0.25) is 17.6 Å². The normalized spacial score (nSPS) is 29.3. The van der Waals surface area contributed by atoms with E-state index in [0.717, 1.165) is 58.8 Å². The van der Waals surface area contributed by atoms with Crippen molar-refractivity contribution < 1.29 is 99.0 Å². The second-order valence-corrected chi connectivity index (χ2v) is 24.9. The second kappa shape index (κ2) is 45.2. The Balaban J connectivity index is 1.60. The summed E-state index contributed by atoms with van der Waals surface area (Å²) in [6, 6.07) is -2.39. The van der Waals surface area contributed by atoms with Crippen LogP contribution < -0.4 is 10.6 Å². The zero-order valence-corrected chi connectivity index (χ0v) is 53.0. The van der Waals surface area contributed by atoms with Crippen molar-refractivity contribution in [2.45, 2.75) is 362 Å². The minimum absolute atomic E-state index is 0.241. The molecular formula is C64H120N2O20. The predicted octanol–water partition coefficient (Wildman–Crippen LogP) is 5.45. The van der Waals surface area contributed by atoms with E-state index in [1.807, 2.05) is 0 Å². The number of ketones is 1. The summed E-state index contributed by atoms with van der Waals surface area (Å²) in [6.07, 6.45) is 11.5. The molecule has 0 unspecified atom stereocenters. The van der Waals surface area contributed by atoms with Gasteiger partial charge in [0.15, 0.2) is 18.4 Å². The van der Waals surface area contributed by atoms with Crippen molar-refractivity contribution in [3.8, 4) is 0 Å². The average molecular weight is 1240 g/mol. The van der Waals surface area contributed by atoms with E-state index < -0.39 is 148 Å². The van der Waals surface area contributed by atoms with Crippen molar-refractivity contribution in [1.82, 2.24) is 10.6 Å². The van der Waals surface area contributed by atoms with Crippen LogP contribution in [0.2, 0.25) is 0 Å². The quantitative estimate of drug-likeness (QED) is 0.0337. The highest BCUT2D eigenvalue weighted by Gasteiger charge is 2.59. The molecule has 18 atom stereocenters. The maximum atomic E-state index is 13.4. The van der Waals surface area contributed by atoms with Gasteiger partial charge in [-0.1, -0.05) is 213 Å². The summed E-state index contributed by atoms with van der Waals surface area (Å²) >= 11 is 0. The Morgan fingerprint density at radius 1 is 0.547 bits per heavy atom. The fourth-order valence-corrected chi connectivity index (χ4v) is 12.1. The lowest BCUT2D eigenvalue weighted by Gasteiger charge is -2.51. The number of hydrogen-bond acceptors (Lipinski definition) is 20. The summed E-state index contributed by atoms with van der Waals surface area (Å²) in [6.45, 7) is 3.40. The summed E-state index contributed by atoms with van der Waals surface area (Å²) < 4.78 is 35.5. The van der Waals surface area contributed by atoms with Crippen molar-refractivity contribution in [1.29, 1.82) is 0 Å². The van der Waals surface area contributed by atoms with E-state index >= 15 is 0 Å². The largest absolute Gasteiger partial charge is 0.394 e. The smallest absolute Gasteiger partial charge is 0.232 e. The van der Waals surface area contributed by atoms with Crippen molar-refractivity contribution in [2.24, 2.45) is 0 Å². The third-order valence-corrected chi connectivity index (χ3v) is 17.5. The molecule has 0 aliphatic carbocycles. The van der Waals surface area contributed by atoms with Gasteiger partial charge in [0.05, 0.1) is 50.7 Å². The van der Waals surface area contributed by atoms with Crippen LogP contribution in [0.5, 0.6) is 0 Å². The van der Waals surface area contributed by atoms with Gasteiger partial charge in [-0.3, -0.25) is 14.4 Å². The molecule has 3 heterocycles. The zero-order chi connectivity index (χ0) is 63.3. The first kappa shape index (κ1) is 78.2. The number of hydrogen-bond donors (Lipinski definition) is 13. The average Bonchev–Trinajstić information content (AvgIpc) is 2.74. The molecule has 2 amide bonds. The van der Waals surface area contributed by atoms with Gasteiger partial charge in [0.1, 0.15) is 67.1 Å². The molecule has 0 bridgehead atoms. The Labute approximate surface area is 514 Å². The van der Waals surface area contributed by atoms with E-state index in [1.165, 1.54) is 148 Å². The summed E-state index contributed by atoms with van der Waals surface area (Å²) in [4.78, 5) is 39.0. The lowest BCUT2D eigenvalue weighted by molar-refractivity contribution is -0.384. The number of ether oxygens (including phenoxy) is 6. The van der Waals surface area contributed by atoms with Gasteiger partial charge in [-0.15, -0.1) is 0 Å². The van der Waals surface area contributed by atoms with Gasteiger partial charge in [-0.05, 0) is 12.8 Å².